The van der Waals surface area contributed by atoms with Crippen LogP contribution in [0.1, 0.15) is 11.5 Å². The van der Waals surface area contributed by atoms with Gasteiger partial charge in [0, 0.05) is 26.0 Å². The summed E-state index contributed by atoms with van der Waals surface area (Å²) in [6, 6.07) is 0. The van der Waals surface area contributed by atoms with E-state index in [-0.39, 0.29) is 12.3 Å². The predicted molar refractivity (Wildman–Crippen MR) is 59.8 cm³/mol. The van der Waals surface area contributed by atoms with Crippen LogP contribution in [0.15, 0.2) is 18.6 Å². The molecule has 7 heteroatoms. The van der Waals surface area contributed by atoms with Gasteiger partial charge < -0.3 is 10.3 Å². The minimum absolute atomic E-state index is 0.0350. The van der Waals surface area contributed by atoms with Crippen LogP contribution in [0.25, 0.3) is 0 Å². The third kappa shape index (κ3) is 2.76. The van der Waals surface area contributed by atoms with Crippen molar-refractivity contribution >= 4 is 5.78 Å². The molecule has 2 rings (SSSR count). The van der Waals surface area contributed by atoms with Crippen molar-refractivity contribution in [1.29, 1.82) is 0 Å². The smallest absolute Gasteiger partial charge is 0.161 e. The Balaban J connectivity index is 1.95. The molecular weight excluding hydrogens is 220 g/mol. The van der Waals surface area contributed by atoms with Crippen LogP contribution in [0.4, 0.5) is 0 Å². The lowest BCUT2D eigenvalue weighted by molar-refractivity contribution is -0.119. The standard InChI is InChI=1S/C10H14N6O/c1-15-3-2-12-10(15)4-9(17)7-16-6-8(5-11)13-14-16/h2-3,6H,4-5,7,11H2,1H3. The van der Waals surface area contributed by atoms with Crippen LogP contribution in [0.5, 0.6) is 0 Å². The van der Waals surface area contributed by atoms with E-state index in [1.165, 1.54) is 4.68 Å². The average molecular weight is 234 g/mol. The third-order valence-electron chi connectivity index (χ3n) is 2.41. The molecule has 0 aromatic carbocycles. The first kappa shape index (κ1) is 11.5. The van der Waals surface area contributed by atoms with E-state index in [1.807, 2.05) is 17.8 Å². The quantitative estimate of drug-likeness (QED) is 0.737. The number of rotatable bonds is 5. The first-order chi connectivity index (χ1) is 8.19. The highest BCUT2D eigenvalue weighted by Gasteiger charge is 2.09. The largest absolute Gasteiger partial charge is 0.338 e. The van der Waals surface area contributed by atoms with Crippen molar-refractivity contribution in [2.75, 3.05) is 0 Å². The Morgan fingerprint density at radius 3 is 2.94 bits per heavy atom. The number of hydrogen-bond donors (Lipinski definition) is 1. The van der Waals surface area contributed by atoms with Crippen LogP contribution in [-0.4, -0.2) is 30.3 Å². The summed E-state index contributed by atoms with van der Waals surface area (Å²) in [6.07, 6.45) is 5.45. The maximum absolute atomic E-state index is 11.8. The Morgan fingerprint density at radius 1 is 1.53 bits per heavy atom. The minimum atomic E-state index is 0.0350. The highest BCUT2D eigenvalue weighted by molar-refractivity contribution is 5.79. The lowest BCUT2D eigenvalue weighted by Crippen LogP contribution is -2.15. The summed E-state index contributed by atoms with van der Waals surface area (Å²) in [5.74, 6) is 0.780. The summed E-state index contributed by atoms with van der Waals surface area (Å²) in [6.45, 7) is 0.521. The van der Waals surface area contributed by atoms with Gasteiger partial charge in [0.05, 0.1) is 18.3 Å². The van der Waals surface area contributed by atoms with Gasteiger partial charge in [0.1, 0.15) is 12.4 Å². The van der Waals surface area contributed by atoms with Crippen LogP contribution >= 0.6 is 0 Å². The summed E-state index contributed by atoms with van der Waals surface area (Å²) in [5.41, 5.74) is 6.09. The molecule has 0 aliphatic rings. The topological polar surface area (TPSA) is 91.6 Å². The van der Waals surface area contributed by atoms with E-state index in [0.717, 1.165) is 5.82 Å². The Labute approximate surface area is 98.2 Å². The van der Waals surface area contributed by atoms with Gasteiger partial charge >= 0.3 is 0 Å². The lowest BCUT2D eigenvalue weighted by atomic mass is 10.2. The second-order valence-corrected chi connectivity index (χ2v) is 3.78. The van der Waals surface area contributed by atoms with Crippen molar-refractivity contribution in [3.8, 4) is 0 Å². The maximum Gasteiger partial charge on any atom is 0.161 e. The number of imidazole rings is 1. The predicted octanol–water partition coefficient (Wildman–Crippen LogP) is -0.718. The number of ketones is 1. The number of aromatic nitrogens is 5. The molecule has 2 heterocycles. The van der Waals surface area contributed by atoms with Crippen molar-refractivity contribution in [2.24, 2.45) is 12.8 Å². The van der Waals surface area contributed by atoms with Crippen LogP contribution in [0.2, 0.25) is 0 Å². The molecule has 2 aromatic rings. The second-order valence-electron chi connectivity index (χ2n) is 3.78. The van der Waals surface area contributed by atoms with Gasteiger partial charge in [0.2, 0.25) is 0 Å². The molecule has 0 unspecified atom stereocenters. The number of hydrogen-bond acceptors (Lipinski definition) is 5. The molecule has 0 bridgehead atoms. The molecule has 0 aliphatic heterocycles. The zero-order valence-corrected chi connectivity index (χ0v) is 9.58. The normalized spacial score (nSPS) is 10.7. The first-order valence-corrected chi connectivity index (χ1v) is 5.26. The summed E-state index contributed by atoms with van der Waals surface area (Å²) in [7, 11) is 1.86. The highest BCUT2D eigenvalue weighted by atomic mass is 16.1. The fraction of sp³-hybridized carbons (Fsp3) is 0.400. The summed E-state index contributed by atoms with van der Waals surface area (Å²) in [4.78, 5) is 15.9. The Hall–Kier alpha value is -2.02. The molecule has 0 saturated carbocycles. The molecule has 0 amide bonds. The fourth-order valence-electron chi connectivity index (χ4n) is 1.49. The number of nitrogens with zero attached hydrogens (tertiary/aromatic N) is 5. The van der Waals surface area contributed by atoms with Crippen LogP contribution < -0.4 is 5.73 Å². The van der Waals surface area contributed by atoms with Gasteiger partial charge in [-0.05, 0) is 0 Å². The minimum Gasteiger partial charge on any atom is -0.338 e. The second kappa shape index (κ2) is 4.88. The van der Waals surface area contributed by atoms with E-state index in [4.69, 9.17) is 5.73 Å². The van der Waals surface area contributed by atoms with E-state index >= 15 is 0 Å². The van der Waals surface area contributed by atoms with E-state index in [9.17, 15) is 4.79 Å². The van der Waals surface area contributed by atoms with Crippen molar-refractivity contribution in [3.63, 3.8) is 0 Å². The van der Waals surface area contributed by atoms with E-state index in [1.54, 1.807) is 12.4 Å². The van der Waals surface area contributed by atoms with Crippen molar-refractivity contribution in [2.45, 2.75) is 19.5 Å². The Kier molecular flexibility index (Phi) is 3.29. The molecule has 2 N–H and O–H groups in total. The molecule has 0 atom stereocenters. The third-order valence-corrected chi connectivity index (χ3v) is 2.41. The molecule has 0 radical (unpaired) electrons. The molecule has 2 aromatic heterocycles. The number of nitrogens with two attached hydrogens (primary N) is 1. The fourth-order valence-corrected chi connectivity index (χ4v) is 1.49. The van der Waals surface area contributed by atoms with Crippen molar-refractivity contribution in [3.05, 3.63) is 30.1 Å². The Bertz CT molecular complexity index is 514. The zero-order chi connectivity index (χ0) is 12.3. The summed E-state index contributed by atoms with van der Waals surface area (Å²) < 4.78 is 3.32. The number of carbonyl (C=O) groups is 1. The monoisotopic (exact) mass is 234 g/mol. The van der Waals surface area contributed by atoms with Gasteiger partial charge in [-0.3, -0.25) is 4.79 Å². The number of carbonyl (C=O) groups excluding carboxylic acids is 1. The van der Waals surface area contributed by atoms with Crippen LogP contribution in [0, 0.1) is 0 Å². The molecule has 90 valence electrons. The molecule has 0 fully saturated rings. The molecule has 17 heavy (non-hydrogen) atoms. The van der Waals surface area contributed by atoms with Gasteiger partial charge in [-0.2, -0.15) is 0 Å². The van der Waals surface area contributed by atoms with Gasteiger partial charge in [0.15, 0.2) is 5.78 Å². The number of Topliss-reactive ketones (excluding diaryl/α,β-unsaturated/α-hetero) is 1. The molecular formula is C10H14N6O. The maximum atomic E-state index is 11.8. The van der Waals surface area contributed by atoms with Crippen molar-refractivity contribution < 1.29 is 4.79 Å². The van der Waals surface area contributed by atoms with Crippen molar-refractivity contribution in [1.82, 2.24) is 24.5 Å². The number of aryl methyl sites for hydroxylation is 1. The van der Waals surface area contributed by atoms with E-state index in [0.29, 0.717) is 18.7 Å². The Morgan fingerprint density at radius 2 is 2.35 bits per heavy atom. The molecule has 0 spiro atoms. The highest BCUT2D eigenvalue weighted by Crippen LogP contribution is 1.98. The van der Waals surface area contributed by atoms with E-state index < -0.39 is 0 Å². The average Bonchev–Trinajstić information content (AvgIpc) is 2.89. The van der Waals surface area contributed by atoms with Gasteiger partial charge in [-0.15, -0.1) is 5.10 Å². The molecule has 0 aliphatic carbocycles. The SMILES string of the molecule is Cn1ccnc1CC(=O)Cn1cc(CN)nn1. The van der Waals surface area contributed by atoms with Gasteiger partial charge in [0.25, 0.3) is 0 Å². The van der Waals surface area contributed by atoms with Gasteiger partial charge in [-0.25, -0.2) is 9.67 Å². The van der Waals surface area contributed by atoms with E-state index in [2.05, 4.69) is 15.3 Å². The van der Waals surface area contributed by atoms with Crippen LogP contribution in [-0.2, 0) is 31.4 Å². The summed E-state index contributed by atoms with van der Waals surface area (Å²) >= 11 is 0. The lowest BCUT2D eigenvalue weighted by Gasteiger charge is -2.01. The van der Waals surface area contributed by atoms with Gasteiger partial charge in [-0.1, -0.05) is 5.21 Å². The molecule has 0 saturated heterocycles. The zero-order valence-electron chi connectivity index (χ0n) is 9.58. The van der Waals surface area contributed by atoms with Crippen LogP contribution in [0.3, 0.4) is 0 Å². The molecule has 7 nitrogen and oxygen atoms in total. The summed E-state index contributed by atoms with van der Waals surface area (Å²) in [5, 5.41) is 7.63. The first-order valence-electron chi connectivity index (χ1n) is 5.26.